The molecule has 2 rings (SSSR count). The zero-order valence-corrected chi connectivity index (χ0v) is 12.1. The molecular weight excluding hydrogens is 273 g/mol. The summed E-state index contributed by atoms with van der Waals surface area (Å²) in [6.07, 6.45) is 2.86. The average molecular weight is 290 g/mol. The summed E-state index contributed by atoms with van der Waals surface area (Å²) in [5.41, 5.74) is 0. The highest BCUT2D eigenvalue weighted by molar-refractivity contribution is 6.40. The average Bonchev–Trinajstić information content (AvgIpc) is 2.76. The molecule has 1 aromatic heterocycles. The topological polar surface area (TPSA) is 38.1 Å². The van der Waals surface area contributed by atoms with Crippen LogP contribution in [0.3, 0.4) is 0 Å². The smallest absolute Gasteiger partial charge is 0.224 e. The number of nitrogens with zero attached hydrogens (tertiary/aromatic N) is 3. The Balaban J connectivity index is 2.08. The standard InChI is InChI=1S/C12H17Cl2N3O/c1-3-4-9-5-10(18)16(6-9)7-17-8(2)15-11(13)12(17)14/h9H,3-7H2,1-2H3. The van der Waals surface area contributed by atoms with E-state index >= 15 is 0 Å². The van der Waals surface area contributed by atoms with E-state index in [1.165, 1.54) is 0 Å². The predicted octanol–water partition coefficient (Wildman–Crippen LogP) is 3.10. The first-order valence-electron chi connectivity index (χ1n) is 6.18. The van der Waals surface area contributed by atoms with Gasteiger partial charge in [0.2, 0.25) is 5.91 Å². The number of carbonyl (C=O) groups is 1. The van der Waals surface area contributed by atoms with E-state index in [1.807, 2.05) is 11.8 Å². The first-order chi connectivity index (χ1) is 8.52. The lowest BCUT2D eigenvalue weighted by molar-refractivity contribution is -0.129. The van der Waals surface area contributed by atoms with Crippen molar-refractivity contribution < 1.29 is 4.79 Å². The summed E-state index contributed by atoms with van der Waals surface area (Å²) < 4.78 is 1.77. The Kier molecular flexibility index (Phi) is 4.17. The second kappa shape index (κ2) is 5.49. The number of imidazole rings is 1. The minimum atomic E-state index is 0.189. The molecule has 0 saturated carbocycles. The van der Waals surface area contributed by atoms with Gasteiger partial charge in [0.25, 0.3) is 0 Å². The quantitative estimate of drug-likeness (QED) is 0.854. The van der Waals surface area contributed by atoms with Crippen molar-refractivity contribution >= 4 is 29.1 Å². The van der Waals surface area contributed by atoms with E-state index in [4.69, 9.17) is 23.2 Å². The molecule has 1 aromatic rings. The summed E-state index contributed by atoms with van der Waals surface area (Å²) in [6.45, 7) is 5.23. The molecule has 1 aliphatic heterocycles. The Morgan fingerprint density at radius 3 is 2.72 bits per heavy atom. The van der Waals surface area contributed by atoms with E-state index in [9.17, 15) is 4.79 Å². The SMILES string of the molecule is CCCC1CC(=O)N(Cn2c(C)nc(Cl)c2Cl)C1. The Morgan fingerprint density at radius 1 is 1.44 bits per heavy atom. The molecule has 4 nitrogen and oxygen atoms in total. The summed E-state index contributed by atoms with van der Waals surface area (Å²) >= 11 is 11.9. The Bertz CT molecular complexity index is 458. The number of likely N-dealkylation sites (tertiary alicyclic amines) is 1. The second-order valence-electron chi connectivity index (χ2n) is 4.79. The van der Waals surface area contributed by atoms with E-state index < -0.39 is 0 Å². The number of hydrogen-bond acceptors (Lipinski definition) is 2. The van der Waals surface area contributed by atoms with Gasteiger partial charge in [-0.05, 0) is 19.3 Å². The van der Waals surface area contributed by atoms with Crippen molar-refractivity contribution in [1.82, 2.24) is 14.5 Å². The van der Waals surface area contributed by atoms with Crippen molar-refractivity contribution in [3.8, 4) is 0 Å². The van der Waals surface area contributed by atoms with Gasteiger partial charge in [0.15, 0.2) is 5.15 Å². The number of hydrogen-bond donors (Lipinski definition) is 0. The molecule has 1 aliphatic rings. The van der Waals surface area contributed by atoms with Crippen LogP contribution < -0.4 is 0 Å². The highest BCUT2D eigenvalue weighted by atomic mass is 35.5. The van der Waals surface area contributed by atoms with Crippen LogP contribution in [-0.2, 0) is 11.5 Å². The van der Waals surface area contributed by atoms with Crippen LogP contribution in [0.5, 0.6) is 0 Å². The van der Waals surface area contributed by atoms with Crippen LogP contribution in [0, 0.1) is 12.8 Å². The lowest BCUT2D eigenvalue weighted by atomic mass is 10.0. The molecule has 0 radical (unpaired) electrons. The minimum Gasteiger partial charge on any atom is -0.324 e. The number of amides is 1. The molecule has 2 heterocycles. The van der Waals surface area contributed by atoms with Crippen molar-refractivity contribution in [1.29, 1.82) is 0 Å². The van der Waals surface area contributed by atoms with Gasteiger partial charge in [-0.3, -0.25) is 9.36 Å². The van der Waals surface area contributed by atoms with Crippen molar-refractivity contribution in [3.63, 3.8) is 0 Å². The van der Waals surface area contributed by atoms with Crippen LogP contribution in [0.4, 0.5) is 0 Å². The van der Waals surface area contributed by atoms with Crippen molar-refractivity contribution in [3.05, 3.63) is 16.1 Å². The minimum absolute atomic E-state index is 0.189. The summed E-state index contributed by atoms with van der Waals surface area (Å²) in [6, 6.07) is 0. The predicted molar refractivity (Wildman–Crippen MR) is 71.7 cm³/mol. The van der Waals surface area contributed by atoms with Crippen molar-refractivity contribution in [2.75, 3.05) is 6.54 Å². The summed E-state index contributed by atoms with van der Waals surface area (Å²) in [4.78, 5) is 17.8. The van der Waals surface area contributed by atoms with Crippen molar-refractivity contribution in [2.24, 2.45) is 5.92 Å². The van der Waals surface area contributed by atoms with Gasteiger partial charge in [-0.15, -0.1) is 0 Å². The molecule has 1 saturated heterocycles. The van der Waals surface area contributed by atoms with Crippen LogP contribution in [0.25, 0.3) is 0 Å². The molecule has 1 fully saturated rings. The van der Waals surface area contributed by atoms with Gasteiger partial charge >= 0.3 is 0 Å². The number of halogens is 2. The molecule has 18 heavy (non-hydrogen) atoms. The van der Waals surface area contributed by atoms with Crippen LogP contribution in [0.15, 0.2) is 0 Å². The Morgan fingerprint density at radius 2 is 2.17 bits per heavy atom. The molecule has 1 unspecified atom stereocenters. The van der Waals surface area contributed by atoms with Crippen LogP contribution in [-0.4, -0.2) is 26.9 Å². The zero-order valence-electron chi connectivity index (χ0n) is 10.6. The van der Waals surface area contributed by atoms with Crippen LogP contribution in [0.1, 0.15) is 32.0 Å². The third kappa shape index (κ3) is 2.64. The molecule has 100 valence electrons. The number of rotatable bonds is 4. The van der Waals surface area contributed by atoms with E-state index in [0.717, 1.165) is 25.2 Å². The molecule has 0 spiro atoms. The lowest BCUT2D eigenvalue weighted by Gasteiger charge is -2.18. The van der Waals surface area contributed by atoms with E-state index in [0.29, 0.717) is 29.3 Å². The first-order valence-corrected chi connectivity index (χ1v) is 6.94. The van der Waals surface area contributed by atoms with E-state index in [-0.39, 0.29) is 5.91 Å². The molecule has 1 amide bonds. The fourth-order valence-corrected chi connectivity index (χ4v) is 2.87. The molecule has 0 N–H and O–H groups in total. The maximum Gasteiger partial charge on any atom is 0.224 e. The van der Waals surface area contributed by atoms with Gasteiger partial charge in [-0.1, -0.05) is 36.5 Å². The molecular formula is C12H17Cl2N3O. The van der Waals surface area contributed by atoms with Crippen molar-refractivity contribution in [2.45, 2.75) is 39.8 Å². The number of aromatic nitrogens is 2. The van der Waals surface area contributed by atoms with Gasteiger partial charge in [-0.2, -0.15) is 0 Å². The van der Waals surface area contributed by atoms with Gasteiger partial charge in [0.05, 0.1) is 6.67 Å². The highest BCUT2D eigenvalue weighted by Gasteiger charge is 2.29. The molecule has 0 aromatic carbocycles. The van der Waals surface area contributed by atoms with E-state index in [1.54, 1.807) is 4.57 Å². The Labute approximate surface area is 117 Å². The number of carbonyl (C=O) groups excluding carboxylic acids is 1. The summed E-state index contributed by atoms with van der Waals surface area (Å²) in [5, 5.41) is 0.701. The fraction of sp³-hybridized carbons (Fsp3) is 0.667. The lowest BCUT2D eigenvalue weighted by Crippen LogP contribution is -2.28. The van der Waals surface area contributed by atoms with E-state index in [2.05, 4.69) is 11.9 Å². The number of aryl methyl sites for hydroxylation is 1. The summed E-state index contributed by atoms with van der Waals surface area (Å²) in [7, 11) is 0. The Hall–Kier alpha value is -0.740. The normalized spacial score (nSPS) is 19.9. The monoisotopic (exact) mass is 289 g/mol. The third-order valence-corrected chi connectivity index (χ3v) is 4.10. The fourth-order valence-electron chi connectivity index (χ4n) is 2.43. The largest absolute Gasteiger partial charge is 0.324 e. The highest BCUT2D eigenvalue weighted by Crippen LogP contribution is 2.26. The van der Waals surface area contributed by atoms with Gasteiger partial charge in [0.1, 0.15) is 11.0 Å². The molecule has 0 bridgehead atoms. The second-order valence-corrected chi connectivity index (χ2v) is 5.50. The van der Waals surface area contributed by atoms with Crippen LogP contribution >= 0.6 is 23.2 Å². The molecule has 6 heteroatoms. The van der Waals surface area contributed by atoms with Gasteiger partial charge in [-0.25, -0.2) is 4.98 Å². The first kappa shape index (κ1) is 13.7. The van der Waals surface area contributed by atoms with Gasteiger partial charge < -0.3 is 4.90 Å². The van der Waals surface area contributed by atoms with Gasteiger partial charge in [0, 0.05) is 13.0 Å². The third-order valence-electron chi connectivity index (χ3n) is 3.36. The maximum absolute atomic E-state index is 11.9. The molecule has 0 aliphatic carbocycles. The zero-order chi connectivity index (χ0) is 13.3. The summed E-state index contributed by atoms with van der Waals surface area (Å²) in [5.74, 6) is 1.39. The molecule has 1 atom stereocenters. The van der Waals surface area contributed by atoms with Crippen LogP contribution in [0.2, 0.25) is 10.3 Å². The maximum atomic E-state index is 11.9.